The van der Waals surface area contributed by atoms with E-state index in [-0.39, 0.29) is 12.3 Å². The third kappa shape index (κ3) is 2.59. The summed E-state index contributed by atoms with van der Waals surface area (Å²) in [5.74, 6) is 0.325. The van der Waals surface area contributed by atoms with Crippen LogP contribution in [-0.4, -0.2) is 15.9 Å². The second-order valence-corrected chi connectivity index (χ2v) is 4.36. The first kappa shape index (κ1) is 12.2. The van der Waals surface area contributed by atoms with Gasteiger partial charge in [-0.25, -0.2) is 9.97 Å². The van der Waals surface area contributed by atoms with Gasteiger partial charge in [0.15, 0.2) is 12.0 Å². The van der Waals surface area contributed by atoms with Gasteiger partial charge in [-0.1, -0.05) is 6.07 Å². The normalized spacial score (nSPS) is 10.6. The second kappa shape index (κ2) is 5.00. The maximum atomic E-state index is 11.9. The molecule has 100 valence electrons. The summed E-state index contributed by atoms with van der Waals surface area (Å²) in [6.07, 6.45) is 3.12. The van der Waals surface area contributed by atoms with Gasteiger partial charge in [-0.05, 0) is 29.8 Å². The van der Waals surface area contributed by atoms with Crippen molar-refractivity contribution in [1.29, 1.82) is 0 Å². The van der Waals surface area contributed by atoms with Gasteiger partial charge >= 0.3 is 0 Å². The molecule has 1 aromatic carbocycles. The number of nitrogen functional groups attached to an aromatic ring is 1. The molecule has 1 amide bonds. The van der Waals surface area contributed by atoms with E-state index < -0.39 is 0 Å². The van der Waals surface area contributed by atoms with Crippen molar-refractivity contribution >= 4 is 28.5 Å². The lowest BCUT2D eigenvalue weighted by atomic mass is 10.1. The van der Waals surface area contributed by atoms with Crippen molar-refractivity contribution in [2.75, 3.05) is 11.1 Å². The van der Waals surface area contributed by atoms with Crippen molar-refractivity contribution in [3.8, 4) is 0 Å². The zero-order valence-corrected chi connectivity index (χ0v) is 10.5. The maximum absolute atomic E-state index is 11.9. The van der Waals surface area contributed by atoms with Crippen molar-refractivity contribution in [1.82, 2.24) is 9.97 Å². The number of nitrogens with zero attached hydrogens (tertiary/aromatic N) is 2. The van der Waals surface area contributed by atoms with Gasteiger partial charge in [-0.3, -0.25) is 4.79 Å². The number of amides is 1. The summed E-state index contributed by atoms with van der Waals surface area (Å²) < 4.78 is 5.20. The van der Waals surface area contributed by atoms with Crippen LogP contribution >= 0.6 is 0 Å². The zero-order valence-electron chi connectivity index (χ0n) is 10.5. The van der Waals surface area contributed by atoms with E-state index in [1.54, 1.807) is 18.2 Å². The number of hydrogen-bond donors (Lipinski definition) is 2. The molecule has 3 rings (SSSR count). The second-order valence-electron chi connectivity index (χ2n) is 4.36. The van der Waals surface area contributed by atoms with Crippen molar-refractivity contribution in [3.05, 3.63) is 48.5 Å². The highest BCUT2D eigenvalue weighted by Gasteiger charge is 2.07. The number of rotatable bonds is 3. The molecule has 0 aliphatic carbocycles. The summed E-state index contributed by atoms with van der Waals surface area (Å²) in [5.41, 5.74) is 8.38. The molecular formula is C14H12N4O2. The fourth-order valence-corrected chi connectivity index (χ4v) is 1.86. The SMILES string of the molecule is Nc1ccc(NC(=O)Cc2ccc3ncoc3c2)nc1. The Balaban J connectivity index is 1.70. The molecule has 2 aromatic heterocycles. The van der Waals surface area contributed by atoms with Crippen LogP contribution in [0.25, 0.3) is 11.1 Å². The number of anilines is 2. The fraction of sp³-hybridized carbons (Fsp3) is 0.0714. The Kier molecular flexibility index (Phi) is 3.04. The first-order valence-corrected chi connectivity index (χ1v) is 6.04. The van der Waals surface area contributed by atoms with E-state index in [9.17, 15) is 4.79 Å². The summed E-state index contributed by atoms with van der Waals surface area (Å²) >= 11 is 0. The van der Waals surface area contributed by atoms with E-state index in [1.165, 1.54) is 12.6 Å². The van der Waals surface area contributed by atoms with Crippen molar-refractivity contribution in [2.24, 2.45) is 0 Å². The highest BCUT2D eigenvalue weighted by Crippen LogP contribution is 2.15. The van der Waals surface area contributed by atoms with Crippen LogP contribution in [0.4, 0.5) is 11.5 Å². The molecule has 6 nitrogen and oxygen atoms in total. The lowest BCUT2D eigenvalue weighted by Crippen LogP contribution is -2.15. The molecule has 3 aromatic rings. The van der Waals surface area contributed by atoms with Crippen molar-refractivity contribution in [2.45, 2.75) is 6.42 Å². The first-order chi connectivity index (χ1) is 9.70. The third-order valence-electron chi connectivity index (χ3n) is 2.81. The van der Waals surface area contributed by atoms with Gasteiger partial charge in [0.05, 0.1) is 18.3 Å². The largest absolute Gasteiger partial charge is 0.443 e. The molecule has 3 N–H and O–H groups in total. The molecule has 0 saturated carbocycles. The van der Waals surface area contributed by atoms with Gasteiger partial charge in [0, 0.05) is 0 Å². The lowest BCUT2D eigenvalue weighted by molar-refractivity contribution is -0.115. The zero-order chi connectivity index (χ0) is 13.9. The summed E-state index contributed by atoms with van der Waals surface area (Å²) in [5, 5.41) is 2.71. The third-order valence-corrected chi connectivity index (χ3v) is 2.81. The molecule has 0 radical (unpaired) electrons. The Hall–Kier alpha value is -2.89. The molecule has 0 aliphatic rings. The molecule has 0 saturated heterocycles. The van der Waals surface area contributed by atoms with E-state index in [0.29, 0.717) is 17.1 Å². The number of carbonyl (C=O) groups is 1. The highest BCUT2D eigenvalue weighted by atomic mass is 16.3. The quantitative estimate of drug-likeness (QED) is 0.757. The maximum Gasteiger partial charge on any atom is 0.229 e. The number of aromatic nitrogens is 2. The predicted molar refractivity (Wildman–Crippen MR) is 75.0 cm³/mol. The summed E-state index contributed by atoms with van der Waals surface area (Å²) in [7, 11) is 0. The molecule has 0 fully saturated rings. The van der Waals surface area contributed by atoms with Crippen LogP contribution < -0.4 is 11.1 Å². The molecular weight excluding hydrogens is 256 g/mol. The molecule has 0 atom stereocenters. The van der Waals surface area contributed by atoms with Crippen LogP contribution in [0.3, 0.4) is 0 Å². The van der Waals surface area contributed by atoms with E-state index in [4.69, 9.17) is 10.2 Å². The van der Waals surface area contributed by atoms with Gasteiger partial charge in [0.1, 0.15) is 11.3 Å². The van der Waals surface area contributed by atoms with Gasteiger partial charge in [-0.2, -0.15) is 0 Å². The fourth-order valence-electron chi connectivity index (χ4n) is 1.86. The monoisotopic (exact) mass is 268 g/mol. The smallest absolute Gasteiger partial charge is 0.229 e. The van der Waals surface area contributed by atoms with E-state index in [0.717, 1.165) is 11.1 Å². The minimum atomic E-state index is -0.152. The topological polar surface area (TPSA) is 94.0 Å². The predicted octanol–water partition coefficient (Wildman–Crippen LogP) is 1.99. The molecule has 0 unspecified atom stereocenters. The van der Waals surface area contributed by atoms with Gasteiger partial charge in [0.2, 0.25) is 5.91 Å². The molecule has 0 bridgehead atoms. The lowest BCUT2D eigenvalue weighted by Gasteiger charge is -2.04. The Morgan fingerprint density at radius 2 is 2.15 bits per heavy atom. The van der Waals surface area contributed by atoms with Gasteiger partial charge in [-0.15, -0.1) is 0 Å². The minimum absolute atomic E-state index is 0.152. The summed E-state index contributed by atoms with van der Waals surface area (Å²) in [6, 6.07) is 8.82. The number of pyridine rings is 1. The Bertz CT molecular complexity index is 749. The summed E-state index contributed by atoms with van der Waals surface area (Å²) in [6.45, 7) is 0. The molecule has 2 heterocycles. The van der Waals surface area contributed by atoms with Crippen molar-refractivity contribution in [3.63, 3.8) is 0 Å². The molecule has 0 spiro atoms. The van der Waals surface area contributed by atoms with Crippen LogP contribution in [0.5, 0.6) is 0 Å². The van der Waals surface area contributed by atoms with Crippen LogP contribution in [0.2, 0.25) is 0 Å². The van der Waals surface area contributed by atoms with Crippen LogP contribution in [-0.2, 0) is 11.2 Å². The molecule has 6 heteroatoms. The Labute approximate surface area is 114 Å². The Morgan fingerprint density at radius 1 is 1.25 bits per heavy atom. The molecule has 0 aliphatic heterocycles. The number of nitrogens with two attached hydrogens (primary N) is 1. The number of benzene rings is 1. The average molecular weight is 268 g/mol. The Morgan fingerprint density at radius 3 is 2.95 bits per heavy atom. The number of hydrogen-bond acceptors (Lipinski definition) is 5. The van der Waals surface area contributed by atoms with Gasteiger partial charge in [0.25, 0.3) is 0 Å². The highest BCUT2D eigenvalue weighted by molar-refractivity contribution is 5.92. The number of fused-ring (bicyclic) bond motifs is 1. The van der Waals surface area contributed by atoms with Crippen LogP contribution in [0.1, 0.15) is 5.56 Å². The number of nitrogens with one attached hydrogen (secondary N) is 1. The van der Waals surface area contributed by atoms with Crippen LogP contribution in [0.15, 0.2) is 47.3 Å². The van der Waals surface area contributed by atoms with E-state index >= 15 is 0 Å². The average Bonchev–Trinajstić information content (AvgIpc) is 2.89. The van der Waals surface area contributed by atoms with Crippen molar-refractivity contribution < 1.29 is 9.21 Å². The summed E-state index contributed by atoms with van der Waals surface area (Å²) in [4.78, 5) is 20.0. The number of carbonyl (C=O) groups excluding carboxylic acids is 1. The van der Waals surface area contributed by atoms with E-state index in [1.807, 2.05) is 12.1 Å². The first-order valence-electron chi connectivity index (χ1n) is 6.04. The minimum Gasteiger partial charge on any atom is -0.443 e. The van der Waals surface area contributed by atoms with Gasteiger partial charge < -0.3 is 15.5 Å². The molecule has 20 heavy (non-hydrogen) atoms. The standard InChI is InChI=1S/C14H12N4O2/c15-10-2-4-13(16-7-10)18-14(19)6-9-1-3-11-12(5-9)20-8-17-11/h1-5,7-8H,6,15H2,(H,16,18,19). The number of oxazole rings is 1. The van der Waals surface area contributed by atoms with Crippen LogP contribution in [0, 0.1) is 0 Å². The van der Waals surface area contributed by atoms with E-state index in [2.05, 4.69) is 15.3 Å².